The molecular weight excluding hydrogens is 749 g/mol. The van der Waals surface area contributed by atoms with E-state index < -0.39 is 33.9 Å². The van der Waals surface area contributed by atoms with E-state index in [0.717, 1.165) is 81.7 Å². The number of aliphatic hydroxyl groups is 2. The molecule has 4 aliphatic heterocycles. The highest BCUT2D eigenvalue weighted by molar-refractivity contribution is 6.02. The Bertz CT molecular complexity index is 2170. The average Bonchev–Trinajstić information content (AvgIpc) is 3.47. The highest BCUT2D eigenvalue weighted by atomic mass is 16.6. The van der Waals surface area contributed by atoms with Crippen molar-refractivity contribution in [2.75, 3.05) is 26.3 Å². The Kier molecular flexibility index (Phi) is 9.12. The molecule has 0 bridgehead atoms. The lowest BCUT2D eigenvalue weighted by Crippen LogP contribution is -2.71. The molecule has 10 atom stereocenters. The van der Waals surface area contributed by atoms with Crippen LogP contribution in [0.1, 0.15) is 142 Å². The van der Waals surface area contributed by atoms with Crippen LogP contribution in [0.2, 0.25) is 0 Å². The molecule has 5 aliphatic carbocycles. The Morgan fingerprint density at radius 3 is 2.40 bits per heavy atom. The monoisotopic (exact) mass is 819 g/mol. The predicted molar refractivity (Wildman–Crippen MR) is 233 cm³/mol. The Morgan fingerprint density at radius 2 is 1.68 bits per heavy atom. The molecule has 1 aromatic carbocycles. The third-order valence-electron chi connectivity index (χ3n) is 19.1. The van der Waals surface area contributed by atoms with Gasteiger partial charge in [0.15, 0.2) is 5.78 Å². The Balaban J connectivity index is 1.06. The number of epoxide rings is 1. The van der Waals surface area contributed by atoms with Crippen molar-refractivity contribution < 1.29 is 29.3 Å². The fourth-order valence-corrected chi connectivity index (χ4v) is 16.1. The molecule has 10 unspecified atom stereocenters. The maximum atomic E-state index is 15.1. The summed E-state index contributed by atoms with van der Waals surface area (Å²) < 4.78 is 11.7. The molecule has 5 fully saturated rings. The molecule has 4 heterocycles. The van der Waals surface area contributed by atoms with Crippen LogP contribution in [0.15, 0.2) is 57.4 Å². The first-order valence-corrected chi connectivity index (χ1v) is 23.4. The van der Waals surface area contributed by atoms with Gasteiger partial charge >= 0.3 is 0 Å². The minimum Gasteiger partial charge on any atom is -0.392 e. The van der Waals surface area contributed by atoms with Crippen molar-refractivity contribution in [1.82, 2.24) is 4.90 Å². The van der Waals surface area contributed by atoms with Crippen molar-refractivity contribution in [2.24, 2.45) is 49.3 Å². The third kappa shape index (κ3) is 5.64. The number of aryl methyl sites for hydroxylation is 1. The largest absolute Gasteiger partial charge is 0.392 e. The summed E-state index contributed by atoms with van der Waals surface area (Å²) in [6, 6.07) is 7.10. The van der Waals surface area contributed by atoms with Crippen LogP contribution in [-0.2, 0) is 25.5 Å². The second-order valence-electron chi connectivity index (χ2n) is 23.3. The molecule has 10 rings (SSSR count). The van der Waals surface area contributed by atoms with Crippen LogP contribution in [0, 0.1) is 51.2 Å². The molecule has 1 aromatic rings. The van der Waals surface area contributed by atoms with E-state index in [1.807, 2.05) is 20.1 Å². The standard InChI is InChI=1S/C52H70N2O6/c1-30-22-31(24-33(23-30)32-13-20-59-21-14-32)25-34-28-54(35-12-19-53-41(34)35)29-52-18-17-48(6,26-37(56)45-47(4,5)60-45)40-36(55)27-51(9,42(40)52)50(8)16-10-38-46(2,3)39(57)11-15-49(38,7)43(50)44(52)58/h12,19,22-24,32,37-38,43-45,56,58H,10-11,13-18,20-21,25-29H2,1-9H3. The molecule has 0 spiro atoms. The number of carbonyl (C=O) groups excluding carboxylic acids is 2. The number of rotatable bonds is 8. The number of ketones is 2. The minimum atomic E-state index is -0.710. The topological polar surface area (TPSA) is 112 Å². The van der Waals surface area contributed by atoms with E-state index in [4.69, 9.17) is 14.5 Å². The first kappa shape index (κ1) is 41.1. The van der Waals surface area contributed by atoms with Crippen molar-refractivity contribution in [3.8, 4) is 0 Å². The van der Waals surface area contributed by atoms with Crippen molar-refractivity contribution in [3.05, 3.63) is 69.1 Å². The van der Waals surface area contributed by atoms with Crippen molar-refractivity contribution >= 4 is 17.8 Å². The van der Waals surface area contributed by atoms with Gasteiger partial charge in [-0.3, -0.25) is 14.6 Å². The fourth-order valence-electron chi connectivity index (χ4n) is 16.1. The molecule has 60 heavy (non-hydrogen) atoms. The predicted octanol–water partition coefficient (Wildman–Crippen LogP) is 8.76. The van der Waals surface area contributed by atoms with Crippen LogP contribution in [-0.4, -0.2) is 83.1 Å². The number of carbonyl (C=O) groups is 2. The number of nitrogens with zero attached hydrogens (tertiary/aromatic N) is 2. The second kappa shape index (κ2) is 13.3. The zero-order chi connectivity index (χ0) is 42.6. The maximum absolute atomic E-state index is 15.1. The van der Waals surface area contributed by atoms with Crippen molar-refractivity contribution in [3.63, 3.8) is 0 Å². The molecule has 0 radical (unpaired) electrons. The normalized spacial score (nSPS) is 41.9. The van der Waals surface area contributed by atoms with E-state index in [2.05, 4.69) is 77.6 Å². The first-order chi connectivity index (χ1) is 28.2. The van der Waals surface area contributed by atoms with Crippen LogP contribution in [0.4, 0.5) is 0 Å². The van der Waals surface area contributed by atoms with Crippen LogP contribution >= 0.6 is 0 Å². The number of aliphatic imine (C=N–C) groups is 1. The van der Waals surface area contributed by atoms with Crippen LogP contribution in [0.5, 0.6) is 0 Å². The van der Waals surface area contributed by atoms with E-state index in [1.165, 1.54) is 27.8 Å². The summed E-state index contributed by atoms with van der Waals surface area (Å²) >= 11 is 0. The zero-order valence-electron chi connectivity index (χ0n) is 37.9. The van der Waals surface area contributed by atoms with Crippen LogP contribution < -0.4 is 0 Å². The Hall–Kier alpha value is -2.91. The molecule has 8 nitrogen and oxygen atoms in total. The van der Waals surface area contributed by atoms with Gasteiger partial charge in [-0.25, -0.2) is 0 Å². The first-order valence-electron chi connectivity index (χ1n) is 23.4. The van der Waals surface area contributed by atoms with E-state index in [0.29, 0.717) is 43.9 Å². The number of allylic oxidation sites excluding steroid dienone is 2. The quantitative estimate of drug-likeness (QED) is 0.253. The number of ether oxygens (including phenoxy) is 2. The summed E-state index contributed by atoms with van der Waals surface area (Å²) in [6.45, 7) is 23.0. The average molecular weight is 819 g/mol. The summed E-state index contributed by atoms with van der Waals surface area (Å²) in [5.74, 6) is 1.14. The van der Waals surface area contributed by atoms with Gasteiger partial charge in [-0.2, -0.15) is 0 Å². The van der Waals surface area contributed by atoms with Gasteiger partial charge in [0, 0.05) is 67.2 Å². The van der Waals surface area contributed by atoms with Crippen LogP contribution in [0.3, 0.4) is 0 Å². The molecular formula is C52H70N2O6. The van der Waals surface area contributed by atoms with Gasteiger partial charge < -0.3 is 24.6 Å². The lowest BCUT2D eigenvalue weighted by molar-refractivity contribution is -0.240. The van der Waals surface area contributed by atoms with Crippen LogP contribution in [0.25, 0.3) is 0 Å². The third-order valence-corrected chi connectivity index (χ3v) is 19.1. The van der Waals surface area contributed by atoms with Gasteiger partial charge in [-0.1, -0.05) is 65.3 Å². The SMILES string of the molecule is Cc1cc(CC2=C3N=CC=C3N(CC34CCC(C)(CC(O)C5OC5(C)C)C5=C3C(C)(CC5=O)C3(C)CCC5C(C)(C)C(=O)CCC5(C)C3C4O)C2)cc(C2CCOCC2)c1. The Morgan fingerprint density at radius 1 is 0.950 bits per heavy atom. The molecule has 0 amide bonds. The van der Waals surface area contributed by atoms with Gasteiger partial charge in [0.25, 0.3) is 0 Å². The fraction of sp³-hybridized carbons (Fsp3) is 0.712. The Labute approximate surface area is 358 Å². The summed E-state index contributed by atoms with van der Waals surface area (Å²) in [5, 5.41) is 25.5. The highest BCUT2D eigenvalue weighted by Gasteiger charge is 2.76. The van der Waals surface area contributed by atoms with Gasteiger partial charge in [0.05, 0.1) is 29.2 Å². The number of hydrogen-bond acceptors (Lipinski definition) is 8. The number of aliphatic hydroxyl groups excluding tert-OH is 2. The smallest absolute Gasteiger partial charge is 0.160 e. The molecule has 0 aromatic heterocycles. The molecule has 2 saturated heterocycles. The van der Waals surface area contributed by atoms with E-state index >= 15 is 4.79 Å². The second-order valence-corrected chi connectivity index (χ2v) is 23.3. The minimum absolute atomic E-state index is 0.0909. The van der Waals surface area contributed by atoms with E-state index in [-0.39, 0.29) is 40.2 Å². The van der Waals surface area contributed by atoms with E-state index in [9.17, 15) is 15.0 Å². The zero-order valence-corrected chi connectivity index (χ0v) is 37.9. The van der Waals surface area contributed by atoms with Crippen molar-refractivity contribution in [2.45, 2.75) is 163 Å². The number of hydrogen-bond donors (Lipinski definition) is 2. The van der Waals surface area contributed by atoms with Gasteiger partial charge in [0.2, 0.25) is 0 Å². The molecule has 3 saturated carbocycles. The molecule has 324 valence electrons. The van der Waals surface area contributed by atoms with Gasteiger partial charge in [0.1, 0.15) is 11.9 Å². The molecule has 2 N–H and O–H groups in total. The number of Topliss-reactive ketones (excluding diaryl/α,β-unsaturated/α-hetero) is 2. The molecule has 8 heteroatoms. The van der Waals surface area contributed by atoms with Gasteiger partial charge in [-0.15, -0.1) is 0 Å². The maximum Gasteiger partial charge on any atom is 0.160 e. The highest BCUT2D eigenvalue weighted by Crippen LogP contribution is 2.79. The number of fused-ring (bicyclic) bond motifs is 5. The summed E-state index contributed by atoms with van der Waals surface area (Å²) in [4.78, 5) is 36.3. The summed E-state index contributed by atoms with van der Waals surface area (Å²) in [5.41, 5.74) is 6.40. The summed E-state index contributed by atoms with van der Waals surface area (Å²) in [7, 11) is 0. The number of benzene rings is 1. The lowest BCUT2D eigenvalue weighted by atomic mass is 9.32. The lowest BCUT2D eigenvalue weighted by Gasteiger charge is -2.73. The van der Waals surface area contributed by atoms with Crippen molar-refractivity contribution in [1.29, 1.82) is 0 Å². The van der Waals surface area contributed by atoms with E-state index in [1.54, 1.807) is 0 Å². The summed E-state index contributed by atoms with van der Waals surface area (Å²) in [6.07, 6.45) is 10.8. The molecule has 9 aliphatic rings. The van der Waals surface area contributed by atoms with Gasteiger partial charge in [-0.05, 0) is 141 Å².